The zero-order chi connectivity index (χ0) is 18.4. The van der Waals surface area contributed by atoms with Gasteiger partial charge in [0.25, 0.3) is 5.91 Å². The number of aryl methyl sites for hydroxylation is 1. The van der Waals surface area contributed by atoms with Crippen molar-refractivity contribution in [3.8, 4) is 5.75 Å². The third-order valence-electron chi connectivity index (χ3n) is 4.69. The maximum Gasteiger partial charge on any atom is 0.272 e. The Morgan fingerprint density at radius 1 is 1.33 bits per heavy atom. The molecule has 1 aliphatic heterocycles. The van der Waals surface area contributed by atoms with E-state index in [2.05, 4.69) is 27.8 Å². The zero-order valence-electron chi connectivity index (χ0n) is 16.1. The lowest BCUT2D eigenvalue weighted by Crippen LogP contribution is -2.28. The molecule has 0 saturated carbocycles. The lowest BCUT2D eigenvalue weighted by atomic mass is 10.1. The Kier molecular flexibility index (Phi) is 8.13. The molecule has 0 radical (unpaired) electrons. The van der Waals surface area contributed by atoms with E-state index in [1.165, 1.54) is 6.42 Å². The molecule has 7 heteroatoms. The summed E-state index contributed by atoms with van der Waals surface area (Å²) in [4.78, 5) is 12.6. The summed E-state index contributed by atoms with van der Waals surface area (Å²) in [7, 11) is 0. The number of nitrogens with one attached hydrogen (secondary N) is 3. The van der Waals surface area contributed by atoms with Crippen molar-refractivity contribution in [1.29, 1.82) is 0 Å². The van der Waals surface area contributed by atoms with Crippen LogP contribution in [0.2, 0.25) is 0 Å². The number of aromatic amines is 1. The predicted octanol–water partition coefficient (Wildman–Crippen LogP) is 3.28. The molecular weight excluding hydrogens is 364 g/mol. The number of amides is 1. The minimum absolute atomic E-state index is 0. The van der Waals surface area contributed by atoms with Gasteiger partial charge in [-0.3, -0.25) is 9.89 Å². The summed E-state index contributed by atoms with van der Waals surface area (Å²) in [5, 5.41) is 13.5. The Balaban J connectivity index is 0.00000261. The number of carbonyl (C=O) groups excluding carboxylic acids is 1. The van der Waals surface area contributed by atoms with Gasteiger partial charge in [0.15, 0.2) is 5.69 Å². The molecule has 1 aliphatic rings. The second-order valence-corrected chi connectivity index (χ2v) is 6.81. The summed E-state index contributed by atoms with van der Waals surface area (Å²) in [6, 6.07) is 6.10. The zero-order valence-corrected chi connectivity index (χ0v) is 16.9. The van der Waals surface area contributed by atoms with Crippen molar-refractivity contribution < 1.29 is 9.53 Å². The highest BCUT2D eigenvalue weighted by Gasteiger charge is 2.21. The van der Waals surface area contributed by atoms with E-state index in [-0.39, 0.29) is 18.3 Å². The van der Waals surface area contributed by atoms with Crippen molar-refractivity contribution in [3.63, 3.8) is 0 Å². The summed E-state index contributed by atoms with van der Waals surface area (Å²) >= 11 is 0. The first kappa shape index (κ1) is 21.3. The maximum atomic E-state index is 12.6. The number of unbranched alkanes of at least 4 members (excludes halogenated alkanes) is 2. The fraction of sp³-hybridized carbons (Fsp3) is 0.500. The van der Waals surface area contributed by atoms with E-state index in [0.717, 1.165) is 53.9 Å². The van der Waals surface area contributed by atoms with Crippen LogP contribution in [0.3, 0.4) is 0 Å². The van der Waals surface area contributed by atoms with Crippen molar-refractivity contribution in [3.05, 3.63) is 46.3 Å². The molecule has 3 N–H and O–H groups in total. The topological polar surface area (TPSA) is 79.0 Å². The summed E-state index contributed by atoms with van der Waals surface area (Å²) in [5.41, 5.74) is 4.67. The number of hydrogen-bond donors (Lipinski definition) is 3. The van der Waals surface area contributed by atoms with Crippen LogP contribution in [0.1, 0.15) is 59.1 Å². The van der Waals surface area contributed by atoms with Gasteiger partial charge in [0.1, 0.15) is 5.75 Å². The smallest absolute Gasteiger partial charge is 0.272 e. The maximum absolute atomic E-state index is 12.6. The van der Waals surface area contributed by atoms with Gasteiger partial charge in [-0.1, -0.05) is 31.9 Å². The molecule has 2 aromatic rings. The molecule has 0 spiro atoms. The molecule has 2 heterocycles. The lowest BCUT2D eigenvalue weighted by Gasteiger charge is -2.14. The monoisotopic (exact) mass is 392 g/mol. The highest BCUT2D eigenvalue weighted by molar-refractivity contribution is 5.94. The first-order valence-corrected chi connectivity index (χ1v) is 9.46. The molecule has 1 aromatic carbocycles. The second-order valence-electron chi connectivity index (χ2n) is 6.81. The van der Waals surface area contributed by atoms with Crippen molar-refractivity contribution >= 4 is 18.3 Å². The predicted molar refractivity (Wildman–Crippen MR) is 109 cm³/mol. The summed E-state index contributed by atoms with van der Waals surface area (Å²) < 4.78 is 5.95. The Labute approximate surface area is 166 Å². The minimum Gasteiger partial charge on any atom is -0.493 e. The first-order chi connectivity index (χ1) is 12.7. The molecule has 148 valence electrons. The number of halogens is 1. The Morgan fingerprint density at radius 3 is 3.00 bits per heavy atom. The van der Waals surface area contributed by atoms with E-state index in [1.807, 2.05) is 25.1 Å². The Bertz CT molecular complexity index is 760. The molecule has 0 saturated heterocycles. The minimum atomic E-state index is -0.149. The van der Waals surface area contributed by atoms with E-state index >= 15 is 0 Å². The van der Waals surface area contributed by atoms with E-state index in [9.17, 15) is 4.79 Å². The van der Waals surface area contributed by atoms with E-state index < -0.39 is 0 Å². The fourth-order valence-corrected chi connectivity index (χ4v) is 3.15. The van der Waals surface area contributed by atoms with Gasteiger partial charge in [0.2, 0.25) is 0 Å². The molecule has 3 rings (SSSR count). The molecule has 0 unspecified atom stereocenters. The summed E-state index contributed by atoms with van der Waals surface area (Å²) in [6.07, 6.45) is 4.26. The third kappa shape index (κ3) is 5.47. The van der Waals surface area contributed by atoms with Gasteiger partial charge >= 0.3 is 0 Å². The van der Waals surface area contributed by atoms with Crippen LogP contribution >= 0.6 is 12.4 Å². The SMILES string of the molecule is CCCCCOc1cc(C)ccc1CNC(=O)c1n[nH]c2c1CNCC2.Cl. The highest BCUT2D eigenvalue weighted by atomic mass is 35.5. The van der Waals surface area contributed by atoms with Crippen molar-refractivity contribution in [2.75, 3.05) is 13.2 Å². The highest BCUT2D eigenvalue weighted by Crippen LogP contribution is 2.21. The number of fused-ring (bicyclic) bond motifs is 1. The molecule has 0 atom stereocenters. The van der Waals surface area contributed by atoms with Gasteiger partial charge in [-0.25, -0.2) is 0 Å². The average Bonchev–Trinajstić information content (AvgIpc) is 3.08. The van der Waals surface area contributed by atoms with Crippen LogP contribution in [-0.4, -0.2) is 29.3 Å². The van der Waals surface area contributed by atoms with Crippen LogP contribution in [0.5, 0.6) is 5.75 Å². The molecule has 6 nitrogen and oxygen atoms in total. The van der Waals surface area contributed by atoms with E-state index in [4.69, 9.17) is 4.74 Å². The molecule has 1 aromatic heterocycles. The van der Waals surface area contributed by atoms with Crippen molar-refractivity contribution in [2.24, 2.45) is 0 Å². The van der Waals surface area contributed by atoms with Gasteiger partial charge in [-0.15, -0.1) is 12.4 Å². The molecule has 0 fully saturated rings. The summed E-state index contributed by atoms with van der Waals surface area (Å²) in [5.74, 6) is 0.704. The van der Waals surface area contributed by atoms with Crippen LogP contribution in [-0.2, 0) is 19.5 Å². The number of aromatic nitrogens is 2. The van der Waals surface area contributed by atoms with E-state index in [0.29, 0.717) is 25.4 Å². The normalized spacial score (nSPS) is 12.8. The van der Waals surface area contributed by atoms with Gasteiger partial charge in [-0.05, 0) is 25.0 Å². The number of benzene rings is 1. The fourth-order valence-electron chi connectivity index (χ4n) is 3.15. The average molecular weight is 393 g/mol. The Hall–Kier alpha value is -2.05. The number of carbonyl (C=O) groups is 1. The number of nitrogens with zero attached hydrogens (tertiary/aromatic N) is 1. The number of H-pyrrole nitrogens is 1. The Morgan fingerprint density at radius 2 is 2.19 bits per heavy atom. The molecule has 0 aliphatic carbocycles. The van der Waals surface area contributed by atoms with Crippen LogP contribution < -0.4 is 15.4 Å². The number of rotatable bonds is 8. The van der Waals surface area contributed by atoms with Crippen molar-refractivity contribution in [2.45, 2.75) is 52.6 Å². The van der Waals surface area contributed by atoms with Gasteiger partial charge < -0.3 is 15.4 Å². The van der Waals surface area contributed by atoms with Gasteiger partial charge in [0.05, 0.1) is 6.61 Å². The number of ether oxygens (including phenoxy) is 1. The lowest BCUT2D eigenvalue weighted by molar-refractivity contribution is 0.0944. The van der Waals surface area contributed by atoms with Crippen LogP contribution in [0.4, 0.5) is 0 Å². The molecule has 1 amide bonds. The molecule has 0 bridgehead atoms. The van der Waals surface area contributed by atoms with Crippen molar-refractivity contribution in [1.82, 2.24) is 20.8 Å². The largest absolute Gasteiger partial charge is 0.493 e. The molecular formula is C20H29ClN4O2. The quantitative estimate of drug-likeness (QED) is 0.602. The summed E-state index contributed by atoms with van der Waals surface area (Å²) in [6.45, 7) is 6.96. The van der Waals surface area contributed by atoms with Crippen LogP contribution in [0.25, 0.3) is 0 Å². The van der Waals surface area contributed by atoms with Crippen LogP contribution in [0, 0.1) is 6.92 Å². The first-order valence-electron chi connectivity index (χ1n) is 9.46. The van der Waals surface area contributed by atoms with Gasteiger partial charge in [0, 0.05) is 42.9 Å². The third-order valence-corrected chi connectivity index (χ3v) is 4.69. The standard InChI is InChI=1S/C20H28N4O2.ClH/c1-3-4-5-10-26-18-11-14(2)6-7-15(18)12-22-20(25)19-16-13-21-9-8-17(16)23-24-19;/h6-7,11,21H,3-5,8-10,12-13H2,1-2H3,(H,22,25)(H,23,24);1H. The van der Waals surface area contributed by atoms with Gasteiger partial charge in [-0.2, -0.15) is 5.10 Å². The van der Waals surface area contributed by atoms with E-state index in [1.54, 1.807) is 0 Å². The van der Waals surface area contributed by atoms with Crippen LogP contribution in [0.15, 0.2) is 18.2 Å². The number of hydrogen-bond acceptors (Lipinski definition) is 4. The molecule has 27 heavy (non-hydrogen) atoms. The second kappa shape index (κ2) is 10.3.